The number of aliphatic hydroxyl groups excluding tert-OH is 1. The minimum absolute atomic E-state index is 0.0765. The number of methoxy groups -OCH3 is 1. The molecule has 0 fully saturated rings. The molecule has 3 aromatic heterocycles. The van der Waals surface area contributed by atoms with Crippen LogP contribution < -0.4 is 15.2 Å². The second-order valence-corrected chi connectivity index (χ2v) is 8.13. The first-order valence-corrected chi connectivity index (χ1v) is 11.1. The van der Waals surface area contributed by atoms with Gasteiger partial charge in [-0.05, 0) is 45.4 Å². The molecule has 200 valence electrons. The van der Waals surface area contributed by atoms with E-state index in [1.54, 1.807) is 26.8 Å². The van der Waals surface area contributed by atoms with Gasteiger partial charge < -0.3 is 14.6 Å². The Balaban J connectivity index is 2.16. The molecule has 0 aliphatic carbocycles. The molecule has 0 spiro atoms. The Bertz CT molecular complexity index is 1380. The third-order valence-electron chi connectivity index (χ3n) is 5.54. The maximum absolute atomic E-state index is 15.2. The molecule has 3 heterocycles. The smallest absolute Gasteiger partial charge is 0.425 e. The number of carbonyl (C=O) groups is 1. The van der Waals surface area contributed by atoms with Gasteiger partial charge in [0.25, 0.3) is 0 Å². The highest BCUT2D eigenvalue weighted by Crippen LogP contribution is 2.30. The zero-order chi connectivity index (χ0) is 27.7. The molecule has 3 aromatic rings. The highest BCUT2D eigenvalue weighted by Gasteiger charge is 2.39. The van der Waals surface area contributed by atoms with Crippen LogP contribution in [0, 0.1) is 19.7 Å². The standard InChI is InChI=1S/C23H25F4N5O5/c1-6-31-18(10-33)30-32(22(31)35)19-16(24)8-15(21(29-19)37-13(4)23(25,26)27)17(34)9-14-11(2)7-12(3)28-20(14)36-5/h7-8,13,33H,6,9-10H2,1-5H3/t13-/m0/s1. The van der Waals surface area contributed by atoms with Gasteiger partial charge in [-0.1, -0.05) is 0 Å². The number of carbonyl (C=O) groups excluding carboxylic acids is 1. The third kappa shape index (κ3) is 5.63. The van der Waals surface area contributed by atoms with Crippen LogP contribution in [-0.2, 0) is 19.6 Å². The fourth-order valence-corrected chi connectivity index (χ4v) is 3.61. The van der Waals surface area contributed by atoms with Crippen molar-refractivity contribution >= 4 is 5.78 Å². The van der Waals surface area contributed by atoms with Gasteiger partial charge in [0, 0.05) is 24.2 Å². The molecular weight excluding hydrogens is 502 g/mol. The molecule has 10 nitrogen and oxygen atoms in total. The molecule has 0 aromatic carbocycles. The van der Waals surface area contributed by atoms with Gasteiger partial charge in [-0.15, -0.1) is 5.10 Å². The van der Waals surface area contributed by atoms with Crippen molar-refractivity contribution in [1.82, 2.24) is 24.3 Å². The Morgan fingerprint density at radius 1 is 1.19 bits per heavy atom. The lowest BCUT2D eigenvalue weighted by atomic mass is 10.0. The van der Waals surface area contributed by atoms with E-state index < -0.39 is 59.9 Å². The number of alkyl halides is 3. The molecule has 1 atom stereocenters. The van der Waals surface area contributed by atoms with Gasteiger partial charge in [0.1, 0.15) is 6.61 Å². The van der Waals surface area contributed by atoms with Crippen LogP contribution in [-0.4, -0.2) is 54.6 Å². The van der Waals surface area contributed by atoms with Crippen molar-refractivity contribution in [2.24, 2.45) is 0 Å². The Morgan fingerprint density at radius 2 is 1.86 bits per heavy atom. The molecule has 0 saturated heterocycles. The predicted molar refractivity (Wildman–Crippen MR) is 122 cm³/mol. The third-order valence-corrected chi connectivity index (χ3v) is 5.54. The SMILES string of the molecule is CCn1c(CO)nn(-c2nc(O[C@@H](C)C(F)(F)F)c(C(=O)Cc3c(C)cc(C)nc3OC)cc2F)c1=O. The number of rotatable bonds is 9. The first-order chi connectivity index (χ1) is 17.3. The van der Waals surface area contributed by atoms with Crippen LogP contribution in [0.15, 0.2) is 16.9 Å². The van der Waals surface area contributed by atoms with E-state index in [2.05, 4.69) is 15.1 Å². The Labute approximate surface area is 208 Å². The molecule has 0 unspecified atom stereocenters. The van der Waals surface area contributed by atoms with E-state index in [4.69, 9.17) is 9.47 Å². The number of pyridine rings is 2. The average molecular weight is 527 g/mol. The number of aliphatic hydroxyl groups is 1. The quantitative estimate of drug-likeness (QED) is 0.333. The van der Waals surface area contributed by atoms with Crippen molar-refractivity contribution in [2.45, 2.75) is 59.5 Å². The van der Waals surface area contributed by atoms with E-state index in [1.165, 1.54) is 7.11 Å². The molecule has 37 heavy (non-hydrogen) atoms. The van der Waals surface area contributed by atoms with E-state index in [1.807, 2.05) is 0 Å². The van der Waals surface area contributed by atoms with Crippen LogP contribution in [0.5, 0.6) is 11.8 Å². The van der Waals surface area contributed by atoms with E-state index in [0.717, 1.165) is 4.57 Å². The van der Waals surface area contributed by atoms with E-state index >= 15 is 4.39 Å². The van der Waals surface area contributed by atoms with Crippen molar-refractivity contribution in [3.63, 3.8) is 0 Å². The van der Waals surface area contributed by atoms with Gasteiger partial charge in [-0.2, -0.15) is 22.8 Å². The molecule has 0 amide bonds. The number of nitrogens with zero attached hydrogens (tertiary/aromatic N) is 5. The average Bonchev–Trinajstić information content (AvgIpc) is 3.15. The van der Waals surface area contributed by atoms with Gasteiger partial charge in [-0.25, -0.2) is 14.2 Å². The molecule has 14 heteroatoms. The highest BCUT2D eigenvalue weighted by atomic mass is 19.4. The van der Waals surface area contributed by atoms with Crippen LogP contribution in [0.4, 0.5) is 17.6 Å². The summed E-state index contributed by atoms with van der Waals surface area (Å²) in [5.41, 5.74) is 0.123. The minimum atomic E-state index is -4.83. The predicted octanol–water partition coefficient (Wildman–Crippen LogP) is 2.86. The lowest BCUT2D eigenvalue weighted by molar-refractivity contribution is -0.190. The Hall–Kier alpha value is -3.81. The van der Waals surface area contributed by atoms with Gasteiger partial charge in [0.15, 0.2) is 29.3 Å². The summed E-state index contributed by atoms with van der Waals surface area (Å²) >= 11 is 0. The summed E-state index contributed by atoms with van der Waals surface area (Å²) < 4.78 is 66.7. The molecule has 3 rings (SSSR count). The molecule has 1 N–H and O–H groups in total. The second kappa shape index (κ2) is 10.7. The van der Waals surface area contributed by atoms with Crippen molar-refractivity contribution in [3.8, 4) is 17.6 Å². The number of halogens is 4. The summed E-state index contributed by atoms with van der Waals surface area (Å²) in [5.74, 6) is -3.65. The topological polar surface area (TPSA) is 121 Å². The summed E-state index contributed by atoms with van der Waals surface area (Å²) in [4.78, 5) is 33.8. The normalized spacial score (nSPS) is 12.5. The zero-order valence-corrected chi connectivity index (χ0v) is 20.7. The number of hydrogen-bond acceptors (Lipinski definition) is 8. The minimum Gasteiger partial charge on any atom is -0.481 e. The largest absolute Gasteiger partial charge is 0.481 e. The first kappa shape index (κ1) is 27.8. The summed E-state index contributed by atoms with van der Waals surface area (Å²) in [6.07, 6.45) is -7.65. The second-order valence-electron chi connectivity index (χ2n) is 8.13. The summed E-state index contributed by atoms with van der Waals surface area (Å²) in [6, 6.07) is 2.33. The van der Waals surface area contributed by atoms with Gasteiger partial charge in [0.05, 0.1) is 12.7 Å². The highest BCUT2D eigenvalue weighted by molar-refractivity contribution is 6.00. The van der Waals surface area contributed by atoms with Gasteiger partial charge in [0.2, 0.25) is 11.8 Å². The summed E-state index contributed by atoms with van der Waals surface area (Å²) in [7, 11) is 1.35. The van der Waals surface area contributed by atoms with Crippen molar-refractivity contribution in [2.75, 3.05) is 7.11 Å². The lowest BCUT2D eigenvalue weighted by Gasteiger charge is -2.19. The number of aromatic nitrogens is 5. The van der Waals surface area contributed by atoms with Crippen molar-refractivity contribution in [3.05, 3.63) is 56.6 Å². The molecule has 0 saturated carbocycles. The zero-order valence-electron chi connectivity index (χ0n) is 20.7. The van der Waals surface area contributed by atoms with Crippen molar-refractivity contribution in [1.29, 1.82) is 0 Å². The van der Waals surface area contributed by atoms with Gasteiger partial charge in [-0.3, -0.25) is 9.36 Å². The number of ether oxygens (including phenoxy) is 2. The summed E-state index contributed by atoms with van der Waals surface area (Å²) in [6.45, 7) is 5.10. The lowest BCUT2D eigenvalue weighted by Crippen LogP contribution is -2.32. The van der Waals surface area contributed by atoms with Crippen LogP contribution in [0.3, 0.4) is 0 Å². The monoisotopic (exact) mass is 527 g/mol. The fraction of sp³-hybridized carbons (Fsp3) is 0.435. The van der Waals surface area contributed by atoms with Crippen LogP contribution in [0.25, 0.3) is 5.82 Å². The van der Waals surface area contributed by atoms with E-state index in [0.29, 0.717) is 34.5 Å². The maximum atomic E-state index is 15.2. The van der Waals surface area contributed by atoms with E-state index in [9.17, 15) is 27.9 Å². The molecule has 0 radical (unpaired) electrons. The van der Waals surface area contributed by atoms with Crippen LogP contribution in [0.1, 0.15) is 46.9 Å². The van der Waals surface area contributed by atoms with Crippen molar-refractivity contribution < 1.29 is 36.9 Å². The Kier molecular flexibility index (Phi) is 8.00. The first-order valence-electron chi connectivity index (χ1n) is 11.1. The van der Waals surface area contributed by atoms with Crippen LogP contribution >= 0.6 is 0 Å². The van der Waals surface area contributed by atoms with Gasteiger partial charge >= 0.3 is 11.9 Å². The fourth-order valence-electron chi connectivity index (χ4n) is 3.61. The number of hydrogen-bond donors (Lipinski definition) is 1. The number of Topliss-reactive ketones (excluding diaryl/α,β-unsaturated/α-hetero) is 1. The molecule has 0 bridgehead atoms. The molecular formula is C23H25F4N5O5. The molecule has 0 aliphatic rings. The van der Waals surface area contributed by atoms with Crippen LogP contribution in [0.2, 0.25) is 0 Å². The number of ketones is 1. The number of aryl methyl sites for hydroxylation is 2. The Morgan fingerprint density at radius 3 is 2.41 bits per heavy atom. The molecule has 0 aliphatic heterocycles. The maximum Gasteiger partial charge on any atom is 0.425 e. The summed E-state index contributed by atoms with van der Waals surface area (Å²) in [5, 5.41) is 13.3. The van der Waals surface area contributed by atoms with E-state index in [-0.39, 0.29) is 18.2 Å².